The zero-order valence-electron chi connectivity index (χ0n) is 69.7. The number of aliphatic carboxylic acids is 4. The van der Waals surface area contributed by atoms with Crippen LogP contribution in [0.15, 0.2) is 187 Å². The molecule has 8 aliphatic rings. The van der Waals surface area contributed by atoms with Crippen LogP contribution in [0.1, 0.15) is 94.3 Å². The van der Waals surface area contributed by atoms with Crippen molar-refractivity contribution in [3.63, 3.8) is 0 Å². The molecule has 8 aromatic rings. The van der Waals surface area contributed by atoms with E-state index < -0.39 is 45.5 Å². The number of hydrogen-bond acceptors (Lipinski definition) is 21. The van der Waals surface area contributed by atoms with Gasteiger partial charge < -0.3 is 63.7 Å². The normalized spacial score (nSPS) is 16.8. The smallest absolute Gasteiger partial charge is 0.310 e. The molecule has 0 aliphatic carbocycles. The molecule has 25 nitrogen and oxygen atoms in total. The molecule has 4 N–H and O–H groups in total. The summed E-state index contributed by atoms with van der Waals surface area (Å²) >= 11 is 7.08. The number of piperazine rings is 4. The van der Waals surface area contributed by atoms with Gasteiger partial charge in [-0.15, -0.1) is 0 Å². The summed E-state index contributed by atoms with van der Waals surface area (Å²) in [7, 11) is 1.63. The number of aryl methyl sites for hydroxylation is 3. The molecule has 8 aliphatic heterocycles. The molecular weight excluding hydrogens is 1640 g/mol. The molecule has 27 heteroatoms. The fourth-order valence-corrected chi connectivity index (χ4v) is 16.0. The van der Waals surface area contributed by atoms with E-state index in [9.17, 15) is 39.6 Å². The Hall–Kier alpha value is -10.7. The number of hydrogen-bond donors (Lipinski definition) is 4. The van der Waals surface area contributed by atoms with Crippen molar-refractivity contribution < 1.29 is 63.3 Å². The number of rotatable bonds is 13. The van der Waals surface area contributed by atoms with Crippen LogP contribution >= 0.6 is 31.9 Å². The first kappa shape index (κ1) is 86.2. The van der Waals surface area contributed by atoms with Crippen molar-refractivity contribution in [2.24, 2.45) is 41.6 Å². The van der Waals surface area contributed by atoms with Gasteiger partial charge in [-0.05, 0) is 196 Å². The highest BCUT2D eigenvalue weighted by Gasteiger charge is 2.38. The number of aliphatic imine (C=N–C) groups is 4. The summed E-state index contributed by atoms with van der Waals surface area (Å²) in [5.41, 5.74) is 7.49. The summed E-state index contributed by atoms with van der Waals surface area (Å²) in [6.45, 7) is 35.2. The number of benzene rings is 8. The van der Waals surface area contributed by atoms with Crippen LogP contribution in [0, 0.1) is 42.4 Å². The van der Waals surface area contributed by atoms with Crippen LogP contribution in [0.4, 0.5) is 22.7 Å². The van der Waals surface area contributed by atoms with Crippen molar-refractivity contribution in [1.29, 1.82) is 0 Å². The predicted octanol–water partition coefficient (Wildman–Crippen LogP) is 16.9. The van der Waals surface area contributed by atoms with E-state index in [0.717, 1.165) is 239 Å². The van der Waals surface area contributed by atoms with Crippen LogP contribution in [0.5, 0.6) is 51.7 Å². The molecule has 0 radical (unpaired) electrons. The van der Waals surface area contributed by atoms with Gasteiger partial charge in [-0.1, -0.05) is 79.9 Å². The Morgan fingerprint density at radius 2 is 0.597 bits per heavy atom. The second kappa shape index (κ2) is 36.5. The van der Waals surface area contributed by atoms with Gasteiger partial charge in [0.2, 0.25) is 0 Å². The summed E-state index contributed by atoms with van der Waals surface area (Å²) < 4.78 is 32.1. The van der Waals surface area contributed by atoms with Crippen molar-refractivity contribution in [2.75, 3.05) is 138 Å². The average Bonchev–Trinajstić information content (AvgIpc) is 1.68. The first-order chi connectivity index (χ1) is 56.7. The number of para-hydroxylation sites is 2. The number of carboxylic acids is 4. The number of amidine groups is 4. The lowest BCUT2D eigenvalue weighted by Crippen LogP contribution is -2.52. The van der Waals surface area contributed by atoms with Crippen LogP contribution in [0.2, 0.25) is 0 Å². The number of methoxy groups -OCH3 is 1. The third kappa shape index (κ3) is 20.8. The van der Waals surface area contributed by atoms with Gasteiger partial charge in [0.1, 0.15) is 74.8 Å². The first-order valence-electron chi connectivity index (χ1n) is 40.3. The molecule has 0 saturated carbocycles. The second-order valence-corrected chi connectivity index (χ2v) is 35.8. The summed E-state index contributed by atoms with van der Waals surface area (Å²) in [6.07, 6.45) is 0. The highest BCUT2D eigenvalue weighted by atomic mass is 79.9. The molecule has 16 rings (SSSR count). The Labute approximate surface area is 713 Å². The molecule has 0 bridgehead atoms. The van der Waals surface area contributed by atoms with Gasteiger partial charge in [0.15, 0.2) is 23.0 Å². The third-order valence-corrected chi connectivity index (χ3v) is 23.4. The van der Waals surface area contributed by atoms with Gasteiger partial charge in [-0.25, -0.2) is 20.0 Å². The summed E-state index contributed by atoms with van der Waals surface area (Å²) in [5.74, 6) is 7.36. The van der Waals surface area contributed by atoms with Crippen LogP contribution in [-0.2, 0) is 19.2 Å². The molecule has 8 aromatic carbocycles. The van der Waals surface area contributed by atoms with Crippen molar-refractivity contribution in [1.82, 2.24) is 39.2 Å². The van der Waals surface area contributed by atoms with Crippen molar-refractivity contribution in [3.8, 4) is 51.7 Å². The maximum atomic E-state index is 11.5. The van der Waals surface area contributed by atoms with E-state index in [2.05, 4.69) is 96.2 Å². The Kier molecular flexibility index (Phi) is 26.4. The minimum Gasteiger partial charge on any atom is -0.497 e. The summed E-state index contributed by atoms with van der Waals surface area (Å²) in [6, 6.07) is 51.7. The predicted molar refractivity (Wildman–Crippen MR) is 471 cm³/mol. The Bertz CT molecular complexity index is 5080. The lowest BCUT2D eigenvalue weighted by atomic mass is 9.93. The fourth-order valence-electron chi connectivity index (χ4n) is 15.3. The van der Waals surface area contributed by atoms with Crippen LogP contribution in [0.25, 0.3) is 0 Å². The average molecular weight is 1750 g/mol. The van der Waals surface area contributed by atoms with Gasteiger partial charge in [0, 0.05) is 146 Å². The van der Waals surface area contributed by atoms with Gasteiger partial charge >= 0.3 is 23.9 Å². The highest BCUT2D eigenvalue weighted by Crippen LogP contribution is 2.45. The monoisotopic (exact) mass is 1740 g/mol. The molecule has 8 heterocycles. The van der Waals surface area contributed by atoms with Gasteiger partial charge in [0.25, 0.3) is 0 Å². The highest BCUT2D eigenvalue weighted by molar-refractivity contribution is 9.10. The second-order valence-electron chi connectivity index (χ2n) is 34.0. The maximum Gasteiger partial charge on any atom is 0.310 e. The minimum atomic E-state index is -0.767. The molecule has 626 valence electrons. The van der Waals surface area contributed by atoms with Gasteiger partial charge in [-0.3, -0.25) is 38.8 Å². The third-order valence-electron chi connectivity index (χ3n) is 22.4. The lowest BCUT2D eigenvalue weighted by Gasteiger charge is -2.39. The molecule has 4 fully saturated rings. The topological polar surface area (TPSA) is 271 Å². The van der Waals surface area contributed by atoms with Gasteiger partial charge in [0.05, 0.1) is 51.0 Å². The van der Waals surface area contributed by atoms with Crippen molar-refractivity contribution >= 4 is 102 Å². The molecule has 4 saturated heterocycles. The van der Waals surface area contributed by atoms with E-state index in [1.165, 1.54) is 0 Å². The van der Waals surface area contributed by atoms with E-state index in [-0.39, 0.29) is 0 Å². The molecule has 0 aromatic heterocycles. The first-order valence-corrected chi connectivity index (χ1v) is 41.9. The lowest BCUT2D eigenvalue weighted by molar-refractivity contribution is -0.149. The molecule has 0 atom stereocenters. The molecule has 0 amide bonds. The largest absolute Gasteiger partial charge is 0.497 e. The number of nitrogens with zero attached hydrogens (tertiary/aromatic N) is 12. The number of ether oxygens (including phenoxy) is 5. The van der Waals surface area contributed by atoms with Crippen molar-refractivity contribution in [3.05, 3.63) is 206 Å². The zero-order chi connectivity index (χ0) is 84.8. The fraction of sp³-hybridized carbons (Fsp3) is 0.391. The van der Waals surface area contributed by atoms with Gasteiger partial charge in [-0.2, -0.15) is 0 Å². The number of fused-ring (bicyclic) bond motifs is 8. The molecule has 0 unspecified atom stereocenters. The summed E-state index contributed by atoms with van der Waals surface area (Å²) in [4.78, 5) is 83.8. The van der Waals surface area contributed by atoms with E-state index in [0.29, 0.717) is 37.7 Å². The van der Waals surface area contributed by atoms with Crippen LogP contribution < -0.4 is 23.7 Å². The number of carboxylic acid groups (broad SMARTS) is 4. The maximum absolute atomic E-state index is 11.5. The summed E-state index contributed by atoms with van der Waals surface area (Å²) in [5, 5.41) is 37.7. The molecule has 119 heavy (non-hydrogen) atoms. The Morgan fingerprint density at radius 1 is 0.328 bits per heavy atom. The Balaban J connectivity index is 0.000000137. The molecule has 0 spiro atoms. The number of carbonyl (C=O) groups is 4. The van der Waals surface area contributed by atoms with E-state index in [4.69, 9.17) is 43.7 Å². The van der Waals surface area contributed by atoms with E-state index >= 15 is 0 Å². The minimum absolute atomic E-state index is 0.532. The molecular formula is C92H106Br2N12O13. The number of halogens is 2. The Morgan fingerprint density at radius 3 is 0.958 bits per heavy atom. The van der Waals surface area contributed by atoms with E-state index in [1.807, 2.05) is 153 Å². The van der Waals surface area contributed by atoms with Crippen LogP contribution in [-0.4, -0.2) is 245 Å². The standard InChI is InChI=1S/C24H29N3O3.C23H27N3O4.C23H27N3O3.C22H23Br2N3O3/c1-16-6-8-20-18(13-16)22(25-19-7-5-17(2)14-21(19)30-20)27-11-9-26(10-12-27)15-24(3,4)23(28)29;1-23(2,22(27)28)15-25-10-12-26(13-11-25)21-17-6-4-5-7-19(17)30-20-14-16(29-3)8-9-18(20)24-21;1-16-8-9-18-20(14-16)29-19-7-5-4-6-17(19)21(24-18)26-12-10-25(11-13-26)15-23(2,3)22(27)28;1-22(2,21(28)29)13-26-7-9-27(10-8-26)20-16-11-14(23)4-6-18(16)30-19-12-15(24)3-5-17(19)25-20/h5-8,13-14H,9-12,15H2,1-4H3,(H,28,29);4-9,14H,10-13,15H2,1-3H3,(H,27,28);4-9,14H,10-13,15H2,1-3H3,(H,27,28);3-6,11-12H,7-10,13H2,1-2H3,(H,28,29). The quantitative estimate of drug-likeness (QED) is 0.0835. The van der Waals surface area contributed by atoms with Crippen molar-refractivity contribution in [2.45, 2.75) is 76.2 Å². The SMILES string of the molecule is CC(C)(CN1CCN(C2=Nc3ccc(Br)cc3Oc3ccc(Br)cc32)CC1)C(=O)O.COc1ccc2c(c1)Oc1ccccc1C(N1CCN(CC(C)(C)C(=O)O)CC1)=N2.Cc1ccc2c(c1)Oc1ccc(C)cc1C(N1CCN(CC(C)(C)C(=O)O)CC1)=N2.Cc1ccc2c(c1)Oc1ccccc1C(N1CCN(CC(C)(C)C(=O)O)CC1)=N2. The van der Waals surface area contributed by atoms with Crippen LogP contribution in [0.3, 0.4) is 0 Å². The van der Waals surface area contributed by atoms with E-state index in [1.54, 1.807) is 62.5 Å². The zero-order valence-corrected chi connectivity index (χ0v) is 72.9.